The number of carboxylic acid groups (broad SMARTS) is 1. The van der Waals surface area contributed by atoms with Crippen molar-refractivity contribution in [3.63, 3.8) is 0 Å². The van der Waals surface area contributed by atoms with Gasteiger partial charge in [-0.05, 0) is 25.0 Å². The fraction of sp³-hybridized carbons (Fsp3) is 0.400. The molecule has 1 fully saturated rings. The number of amides is 1. The summed E-state index contributed by atoms with van der Waals surface area (Å²) in [5.74, 6) is -0.322. The summed E-state index contributed by atoms with van der Waals surface area (Å²) in [6, 6.07) is 3.08. The van der Waals surface area contributed by atoms with Crippen LogP contribution in [0.2, 0.25) is 0 Å². The summed E-state index contributed by atoms with van der Waals surface area (Å²) in [6.07, 6.45) is 4.08. The fourth-order valence-electron chi connectivity index (χ4n) is 2.32. The molecule has 1 aliphatic heterocycles. The first-order chi connectivity index (χ1) is 10.6. The van der Waals surface area contributed by atoms with Crippen molar-refractivity contribution in [1.82, 2.24) is 10.3 Å². The van der Waals surface area contributed by atoms with E-state index in [0.29, 0.717) is 18.9 Å². The number of carbonyl (C=O) groups excluding carboxylic acids is 1. The molecule has 2 rings (SSSR count). The lowest BCUT2D eigenvalue weighted by molar-refractivity contribution is 0.0696. The first-order valence-corrected chi connectivity index (χ1v) is 7.08. The van der Waals surface area contributed by atoms with Crippen LogP contribution >= 0.6 is 0 Å². The molecule has 22 heavy (non-hydrogen) atoms. The number of pyridine rings is 1. The fourth-order valence-corrected chi connectivity index (χ4v) is 2.32. The maximum Gasteiger partial charge on any atom is 0.407 e. The van der Waals surface area contributed by atoms with Crippen LogP contribution < -0.4 is 10.2 Å². The van der Waals surface area contributed by atoms with Gasteiger partial charge in [0.2, 0.25) is 0 Å². The molecular formula is C15H19N3O4. The molecule has 0 bridgehead atoms. The molecule has 7 nitrogen and oxygen atoms in total. The smallest absolute Gasteiger partial charge is 0.407 e. The van der Waals surface area contributed by atoms with Crippen LogP contribution in [0.4, 0.5) is 10.6 Å². The Kier molecular flexibility index (Phi) is 5.35. The van der Waals surface area contributed by atoms with E-state index in [1.54, 1.807) is 6.07 Å². The molecule has 1 aliphatic rings. The number of rotatable bonds is 5. The van der Waals surface area contributed by atoms with Crippen LogP contribution in [0.3, 0.4) is 0 Å². The highest BCUT2D eigenvalue weighted by atomic mass is 16.5. The van der Waals surface area contributed by atoms with E-state index >= 15 is 0 Å². The molecule has 0 aromatic carbocycles. The zero-order valence-electron chi connectivity index (χ0n) is 12.2. The van der Waals surface area contributed by atoms with Crippen LogP contribution in [-0.2, 0) is 4.74 Å². The molecule has 1 aromatic rings. The summed E-state index contributed by atoms with van der Waals surface area (Å²) >= 11 is 0. The van der Waals surface area contributed by atoms with Gasteiger partial charge in [-0.3, -0.25) is 0 Å². The lowest BCUT2D eigenvalue weighted by atomic mass is 10.1. The van der Waals surface area contributed by atoms with Gasteiger partial charge in [-0.2, -0.15) is 0 Å². The summed E-state index contributed by atoms with van der Waals surface area (Å²) < 4.78 is 4.89. The second-order valence-electron chi connectivity index (χ2n) is 5.00. The van der Waals surface area contributed by atoms with Gasteiger partial charge in [0.1, 0.15) is 12.4 Å². The molecule has 0 aliphatic carbocycles. The maximum absolute atomic E-state index is 11.5. The van der Waals surface area contributed by atoms with Crippen LogP contribution in [0, 0.1) is 0 Å². The van der Waals surface area contributed by atoms with E-state index in [2.05, 4.69) is 16.9 Å². The second kappa shape index (κ2) is 7.44. The molecule has 0 spiro atoms. The van der Waals surface area contributed by atoms with Gasteiger partial charge >= 0.3 is 12.1 Å². The van der Waals surface area contributed by atoms with Crippen molar-refractivity contribution in [2.45, 2.75) is 18.9 Å². The lowest BCUT2D eigenvalue weighted by Gasteiger charge is -2.33. The van der Waals surface area contributed by atoms with E-state index in [1.807, 2.05) is 4.90 Å². The van der Waals surface area contributed by atoms with E-state index in [-0.39, 0.29) is 18.2 Å². The van der Waals surface area contributed by atoms with Crippen LogP contribution in [0.1, 0.15) is 23.2 Å². The first-order valence-electron chi connectivity index (χ1n) is 7.08. The van der Waals surface area contributed by atoms with Crippen LogP contribution in [-0.4, -0.2) is 47.9 Å². The van der Waals surface area contributed by atoms with E-state index in [0.717, 1.165) is 12.8 Å². The molecule has 1 amide bonds. The number of anilines is 1. The van der Waals surface area contributed by atoms with E-state index in [4.69, 9.17) is 9.84 Å². The van der Waals surface area contributed by atoms with E-state index in [9.17, 15) is 9.59 Å². The largest absolute Gasteiger partial charge is 0.478 e. The van der Waals surface area contributed by atoms with Crippen molar-refractivity contribution in [2.75, 3.05) is 24.6 Å². The minimum atomic E-state index is -0.967. The zero-order valence-corrected chi connectivity index (χ0v) is 12.2. The predicted molar refractivity (Wildman–Crippen MR) is 81.1 cm³/mol. The third kappa shape index (κ3) is 4.21. The van der Waals surface area contributed by atoms with Crippen LogP contribution in [0.15, 0.2) is 31.0 Å². The van der Waals surface area contributed by atoms with Crippen LogP contribution in [0.5, 0.6) is 0 Å². The molecule has 2 heterocycles. The number of nitrogens with zero attached hydrogens (tertiary/aromatic N) is 2. The van der Waals surface area contributed by atoms with Gasteiger partial charge in [0, 0.05) is 25.3 Å². The average molecular weight is 305 g/mol. The number of alkyl carbamates (subject to hydrolysis) is 1. The number of ether oxygens (including phenoxy) is 1. The summed E-state index contributed by atoms with van der Waals surface area (Å²) in [7, 11) is 0. The number of carbonyl (C=O) groups is 2. The molecule has 0 saturated carbocycles. The summed E-state index contributed by atoms with van der Waals surface area (Å²) in [5.41, 5.74) is 0.221. The Bertz CT molecular complexity index is 553. The third-order valence-corrected chi connectivity index (χ3v) is 3.47. The molecule has 1 aromatic heterocycles. The monoisotopic (exact) mass is 305 g/mol. The number of aromatic nitrogens is 1. The number of hydrogen-bond acceptors (Lipinski definition) is 5. The van der Waals surface area contributed by atoms with Crippen molar-refractivity contribution < 1.29 is 19.4 Å². The van der Waals surface area contributed by atoms with Crippen molar-refractivity contribution in [3.8, 4) is 0 Å². The first kappa shape index (κ1) is 15.8. The average Bonchev–Trinajstić information content (AvgIpc) is 2.53. The van der Waals surface area contributed by atoms with Crippen molar-refractivity contribution in [3.05, 3.63) is 36.5 Å². The Morgan fingerprint density at radius 3 is 2.86 bits per heavy atom. The summed E-state index contributed by atoms with van der Waals surface area (Å²) in [6.45, 7) is 5.07. The Morgan fingerprint density at radius 2 is 2.23 bits per heavy atom. The number of carboxylic acids is 1. The van der Waals surface area contributed by atoms with Gasteiger partial charge in [-0.15, -0.1) is 0 Å². The molecule has 0 radical (unpaired) electrons. The Hall–Kier alpha value is -2.57. The van der Waals surface area contributed by atoms with Gasteiger partial charge in [-0.25, -0.2) is 14.6 Å². The van der Waals surface area contributed by atoms with Gasteiger partial charge in [-0.1, -0.05) is 12.7 Å². The van der Waals surface area contributed by atoms with Crippen LogP contribution in [0.25, 0.3) is 0 Å². The summed E-state index contributed by atoms with van der Waals surface area (Å²) in [5, 5.41) is 11.8. The Labute approximate surface area is 128 Å². The molecule has 0 atom stereocenters. The Morgan fingerprint density at radius 1 is 1.50 bits per heavy atom. The number of hydrogen-bond donors (Lipinski definition) is 2. The van der Waals surface area contributed by atoms with Gasteiger partial charge < -0.3 is 20.1 Å². The standard InChI is InChI=1S/C15H19N3O4/c1-2-9-22-15(21)17-12-4-7-18(8-5-12)13-10-11(14(19)20)3-6-16-13/h2-3,6,10,12H,1,4-5,7-9H2,(H,17,21)(H,19,20). The zero-order chi connectivity index (χ0) is 15.9. The van der Waals surface area contributed by atoms with Crippen molar-refractivity contribution >= 4 is 17.9 Å². The number of aromatic carboxylic acids is 1. The highest BCUT2D eigenvalue weighted by molar-refractivity contribution is 5.88. The number of piperidine rings is 1. The highest BCUT2D eigenvalue weighted by Gasteiger charge is 2.22. The minimum Gasteiger partial charge on any atom is -0.478 e. The van der Waals surface area contributed by atoms with Crippen molar-refractivity contribution in [2.24, 2.45) is 0 Å². The van der Waals surface area contributed by atoms with Gasteiger partial charge in [0.25, 0.3) is 0 Å². The van der Waals surface area contributed by atoms with Gasteiger partial charge in [0.05, 0.1) is 5.56 Å². The molecular weight excluding hydrogens is 286 g/mol. The van der Waals surface area contributed by atoms with Gasteiger partial charge in [0.15, 0.2) is 0 Å². The third-order valence-electron chi connectivity index (χ3n) is 3.47. The molecule has 7 heteroatoms. The van der Waals surface area contributed by atoms with E-state index < -0.39 is 12.1 Å². The maximum atomic E-state index is 11.5. The molecule has 118 valence electrons. The second-order valence-corrected chi connectivity index (χ2v) is 5.00. The molecule has 2 N–H and O–H groups in total. The normalized spacial score (nSPS) is 15.2. The highest BCUT2D eigenvalue weighted by Crippen LogP contribution is 2.19. The molecule has 1 saturated heterocycles. The number of nitrogens with one attached hydrogen (secondary N) is 1. The minimum absolute atomic E-state index is 0.0521. The van der Waals surface area contributed by atoms with E-state index in [1.165, 1.54) is 18.3 Å². The lowest BCUT2D eigenvalue weighted by Crippen LogP contribution is -2.45. The summed E-state index contributed by atoms with van der Waals surface area (Å²) in [4.78, 5) is 28.7. The quantitative estimate of drug-likeness (QED) is 0.804. The SMILES string of the molecule is C=CCOC(=O)NC1CCN(c2cc(C(=O)O)ccn2)CC1. The predicted octanol–water partition coefficient (Wildman–Crippen LogP) is 1.66. The van der Waals surface area contributed by atoms with Crippen molar-refractivity contribution in [1.29, 1.82) is 0 Å². The molecule has 0 unspecified atom stereocenters. The Balaban J connectivity index is 1.86. The topological polar surface area (TPSA) is 91.8 Å².